The van der Waals surface area contributed by atoms with Crippen LogP contribution < -0.4 is 11.1 Å². The van der Waals surface area contributed by atoms with Gasteiger partial charge in [0.2, 0.25) is 5.91 Å². The molecule has 1 atom stereocenters. The minimum Gasteiger partial charge on any atom is -0.480 e. The number of primary amides is 1. The summed E-state index contributed by atoms with van der Waals surface area (Å²) >= 11 is 5.88. The Bertz CT molecular complexity index is 463. The van der Waals surface area contributed by atoms with Gasteiger partial charge < -0.3 is 16.2 Å². The molecule has 0 fully saturated rings. The lowest BCUT2D eigenvalue weighted by atomic mass is 10.1. The topological polar surface area (TPSA) is 92.4 Å². The molecule has 1 rings (SSSR count). The summed E-state index contributed by atoms with van der Waals surface area (Å²) in [5, 5.41) is 12.1. The summed E-state index contributed by atoms with van der Waals surface area (Å²) in [6.45, 7) is 1.90. The maximum Gasteiger partial charge on any atom is 0.326 e. The van der Waals surface area contributed by atoms with E-state index in [-0.39, 0.29) is 10.6 Å². The molecule has 1 aromatic rings. The molecule has 0 saturated heterocycles. The van der Waals surface area contributed by atoms with Gasteiger partial charge in [0.25, 0.3) is 0 Å². The lowest BCUT2D eigenvalue weighted by molar-refractivity contribution is -0.138. The number of anilines is 1. The van der Waals surface area contributed by atoms with Crippen LogP contribution in [0.25, 0.3) is 0 Å². The van der Waals surface area contributed by atoms with Crippen molar-refractivity contribution in [2.45, 2.75) is 25.8 Å². The van der Waals surface area contributed by atoms with Gasteiger partial charge in [0.1, 0.15) is 6.04 Å². The number of carbonyl (C=O) groups excluding carboxylic acids is 1. The Labute approximate surface area is 110 Å². The van der Waals surface area contributed by atoms with E-state index in [2.05, 4.69) is 5.32 Å². The second-order valence-electron chi connectivity index (χ2n) is 3.88. The number of carboxylic acid groups (broad SMARTS) is 1. The van der Waals surface area contributed by atoms with E-state index in [9.17, 15) is 9.59 Å². The summed E-state index contributed by atoms with van der Waals surface area (Å²) in [4.78, 5) is 22.0. The first-order chi connectivity index (χ1) is 8.45. The zero-order valence-corrected chi connectivity index (χ0v) is 10.7. The molecule has 0 spiro atoms. The molecule has 0 aliphatic rings. The zero-order chi connectivity index (χ0) is 13.7. The van der Waals surface area contributed by atoms with Crippen LogP contribution in [0.1, 0.15) is 30.1 Å². The van der Waals surface area contributed by atoms with Crippen molar-refractivity contribution in [3.05, 3.63) is 28.8 Å². The summed E-state index contributed by atoms with van der Waals surface area (Å²) in [7, 11) is 0. The molecule has 0 radical (unpaired) electrons. The van der Waals surface area contributed by atoms with Gasteiger partial charge in [-0.25, -0.2) is 4.79 Å². The van der Waals surface area contributed by atoms with Crippen LogP contribution in [-0.4, -0.2) is 23.0 Å². The van der Waals surface area contributed by atoms with Crippen molar-refractivity contribution in [3.8, 4) is 0 Å². The van der Waals surface area contributed by atoms with Gasteiger partial charge in [-0.3, -0.25) is 4.79 Å². The van der Waals surface area contributed by atoms with Crippen LogP contribution in [0.15, 0.2) is 18.2 Å². The monoisotopic (exact) mass is 270 g/mol. The molecule has 0 aliphatic heterocycles. The molecule has 0 aliphatic carbocycles. The molecule has 0 aromatic heterocycles. The van der Waals surface area contributed by atoms with Crippen LogP contribution >= 0.6 is 11.6 Å². The van der Waals surface area contributed by atoms with Crippen LogP contribution in [-0.2, 0) is 4.79 Å². The molecule has 4 N–H and O–H groups in total. The third-order valence-electron chi connectivity index (χ3n) is 2.45. The molecule has 98 valence electrons. The number of aliphatic carboxylic acids is 1. The molecule has 1 unspecified atom stereocenters. The number of rotatable bonds is 6. The number of carbonyl (C=O) groups is 2. The molecule has 6 heteroatoms. The van der Waals surface area contributed by atoms with Crippen molar-refractivity contribution in [2.24, 2.45) is 5.73 Å². The van der Waals surface area contributed by atoms with Gasteiger partial charge >= 0.3 is 5.97 Å². The number of benzene rings is 1. The number of amides is 1. The fraction of sp³-hybridized carbons (Fsp3) is 0.333. The SMILES string of the molecule is CCCC(Nc1ccc(C(N)=O)c(Cl)c1)C(=O)O. The number of carboxylic acids is 1. The average molecular weight is 271 g/mol. The summed E-state index contributed by atoms with van der Waals surface area (Å²) in [5.41, 5.74) is 5.88. The van der Waals surface area contributed by atoms with Crippen LogP contribution in [0.2, 0.25) is 5.02 Å². The smallest absolute Gasteiger partial charge is 0.326 e. The molecular weight excluding hydrogens is 256 g/mol. The quantitative estimate of drug-likeness (QED) is 0.738. The molecule has 0 heterocycles. The minimum absolute atomic E-state index is 0.202. The molecule has 5 nitrogen and oxygen atoms in total. The van der Waals surface area contributed by atoms with Crippen molar-refractivity contribution >= 4 is 29.2 Å². The fourth-order valence-corrected chi connectivity index (χ4v) is 1.83. The Kier molecular flexibility index (Phi) is 4.97. The first-order valence-electron chi connectivity index (χ1n) is 5.54. The van der Waals surface area contributed by atoms with Crippen molar-refractivity contribution in [1.82, 2.24) is 0 Å². The van der Waals surface area contributed by atoms with Crippen LogP contribution in [0, 0.1) is 0 Å². The average Bonchev–Trinajstić information content (AvgIpc) is 2.27. The highest BCUT2D eigenvalue weighted by Crippen LogP contribution is 2.21. The number of halogens is 1. The van der Waals surface area contributed by atoms with Gasteiger partial charge in [-0.2, -0.15) is 0 Å². The third kappa shape index (κ3) is 3.63. The number of hydrogen-bond acceptors (Lipinski definition) is 3. The Morgan fingerprint density at radius 2 is 2.17 bits per heavy atom. The molecule has 1 amide bonds. The highest BCUT2D eigenvalue weighted by atomic mass is 35.5. The Balaban J connectivity index is 2.88. The van der Waals surface area contributed by atoms with Crippen molar-refractivity contribution in [2.75, 3.05) is 5.32 Å². The summed E-state index contributed by atoms with van der Waals surface area (Å²) in [6.07, 6.45) is 1.25. The summed E-state index contributed by atoms with van der Waals surface area (Å²) in [5.74, 6) is -1.54. The van der Waals surface area contributed by atoms with E-state index < -0.39 is 17.9 Å². The standard InChI is InChI=1S/C12H15ClN2O3/c1-2-3-10(12(17)18)15-7-4-5-8(11(14)16)9(13)6-7/h4-6,10,15H,2-3H2,1H3,(H2,14,16)(H,17,18). The summed E-state index contributed by atoms with van der Waals surface area (Å²) in [6, 6.07) is 3.87. The van der Waals surface area contributed by atoms with Crippen LogP contribution in [0.5, 0.6) is 0 Å². The first kappa shape index (κ1) is 14.3. The highest BCUT2D eigenvalue weighted by Gasteiger charge is 2.16. The predicted octanol–water partition coefficient (Wildman–Crippen LogP) is 2.10. The predicted molar refractivity (Wildman–Crippen MR) is 69.9 cm³/mol. The molecule has 18 heavy (non-hydrogen) atoms. The molecule has 1 aromatic carbocycles. The molecular formula is C12H15ClN2O3. The van der Waals surface area contributed by atoms with Gasteiger partial charge in [0.05, 0.1) is 10.6 Å². The highest BCUT2D eigenvalue weighted by molar-refractivity contribution is 6.34. The van der Waals surface area contributed by atoms with Gasteiger partial charge in [-0.05, 0) is 24.6 Å². The van der Waals surface area contributed by atoms with Crippen LogP contribution in [0.4, 0.5) is 5.69 Å². The van der Waals surface area contributed by atoms with Crippen LogP contribution in [0.3, 0.4) is 0 Å². The van der Waals surface area contributed by atoms with E-state index in [0.717, 1.165) is 6.42 Å². The zero-order valence-electron chi connectivity index (χ0n) is 9.94. The van der Waals surface area contributed by atoms with Gasteiger partial charge in [0.15, 0.2) is 0 Å². The van der Waals surface area contributed by atoms with E-state index in [1.54, 1.807) is 6.07 Å². The largest absolute Gasteiger partial charge is 0.480 e. The van der Waals surface area contributed by atoms with E-state index in [4.69, 9.17) is 22.4 Å². The van der Waals surface area contributed by atoms with Gasteiger partial charge in [-0.1, -0.05) is 24.9 Å². The maximum atomic E-state index is 11.0. The van der Waals surface area contributed by atoms with E-state index in [0.29, 0.717) is 12.1 Å². The third-order valence-corrected chi connectivity index (χ3v) is 2.76. The summed E-state index contributed by atoms with van der Waals surface area (Å²) < 4.78 is 0. The van der Waals surface area contributed by atoms with E-state index in [1.807, 2.05) is 6.92 Å². The number of nitrogens with one attached hydrogen (secondary N) is 1. The van der Waals surface area contributed by atoms with Crippen molar-refractivity contribution in [1.29, 1.82) is 0 Å². The van der Waals surface area contributed by atoms with Gasteiger partial charge in [-0.15, -0.1) is 0 Å². The van der Waals surface area contributed by atoms with Gasteiger partial charge in [0, 0.05) is 5.69 Å². The van der Waals surface area contributed by atoms with Crippen molar-refractivity contribution in [3.63, 3.8) is 0 Å². The van der Waals surface area contributed by atoms with E-state index >= 15 is 0 Å². The fourth-order valence-electron chi connectivity index (χ4n) is 1.55. The Hall–Kier alpha value is -1.75. The maximum absolute atomic E-state index is 11.0. The van der Waals surface area contributed by atoms with Crippen molar-refractivity contribution < 1.29 is 14.7 Å². The first-order valence-corrected chi connectivity index (χ1v) is 5.92. The molecule has 0 saturated carbocycles. The number of nitrogens with two attached hydrogens (primary N) is 1. The normalized spacial score (nSPS) is 11.9. The number of hydrogen-bond donors (Lipinski definition) is 3. The lowest BCUT2D eigenvalue weighted by Crippen LogP contribution is -2.29. The minimum atomic E-state index is -0.924. The lowest BCUT2D eigenvalue weighted by Gasteiger charge is -2.15. The Morgan fingerprint density at radius 1 is 1.50 bits per heavy atom. The van der Waals surface area contributed by atoms with E-state index in [1.165, 1.54) is 12.1 Å². The molecule has 0 bridgehead atoms. The second-order valence-corrected chi connectivity index (χ2v) is 4.29. The Morgan fingerprint density at radius 3 is 2.61 bits per heavy atom. The second kappa shape index (κ2) is 6.26.